The Balaban J connectivity index is 1.54. The molecule has 7 nitrogen and oxygen atoms in total. The normalized spacial score (nSPS) is 15.0. The highest BCUT2D eigenvalue weighted by molar-refractivity contribution is 5.97. The minimum Gasteiger partial charge on any atom is -0.472 e. The third kappa shape index (κ3) is 4.11. The zero-order chi connectivity index (χ0) is 18.5. The van der Waals surface area contributed by atoms with Crippen LogP contribution in [0, 0.1) is 0 Å². The summed E-state index contributed by atoms with van der Waals surface area (Å²) in [5, 5.41) is 5.41. The molecule has 1 saturated heterocycles. The molecule has 7 heteroatoms. The fourth-order valence-corrected chi connectivity index (χ4v) is 2.84. The van der Waals surface area contributed by atoms with Crippen molar-refractivity contribution in [1.29, 1.82) is 0 Å². The van der Waals surface area contributed by atoms with Crippen LogP contribution in [0.2, 0.25) is 0 Å². The molecule has 3 amide bonds. The second-order valence-corrected chi connectivity index (χ2v) is 6.24. The summed E-state index contributed by atoms with van der Waals surface area (Å²) in [6.45, 7) is 2.67. The van der Waals surface area contributed by atoms with Crippen LogP contribution in [-0.2, 0) is 16.1 Å². The van der Waals surface area contributed by atoms with Gasteiger partial charge in [-0.2, -0.15) is 0 Å². The van der Waals surface area contributed by atoms with Crippen LogP contribution in [0.1, 0.15) is 35.7 Å². The first-order valence-corrected chi connectivity index (χ1v) is 8.54. The summed E-state index contributed by atoms with van der Waals surface area (Å²) in [6, 6.07) is 8.40. The Kier molecular flexibility index (Phi) is 5.36. The Labute approximate surface area is 151 Å². The van der Waals surface area contributed by atoms with E-state index in [2.05, 4.69) is 10.6 Å². The summed E-state index contributed by atoms with van der Waals surface area (Å²) in [4.78, 5) is 37.7. The average Bonchev–Trinajstić information content (AvgIpc) is 3.31. The predicted molar refractivity (Wildman–Crippen MR) is 95.5 cm³/mol. The molecule has 26 heavy (non-hydrogen) atoms. The Morgan fingerprint density at radius 1 is 1.31 bits per heavy atom. The van der Waals surface area contributed by atoms with E-state index in [1.807, 2.05) is 24.3 Å². The molecule has 0 unspecified atom stereocenters. The second kappa shape index (κ2) is 7.86. The number of nitrogens with zero attached hydrogens (tertiary/aromatic N) is 1. The van der Waals surface area contributed by atoms with Gasteiger partial charge in [-0.15, -0.1) is 0 Å². The van der Waals surface area contributed by atoms with Crippen LogP contribution in [0.15, 0.2) is 47.3 Å². The molecule has 0 spiro atoms. The van der Waals surface area contributed by atoms with Gasteiger partial charge in [-0.3, -0.25) is 14.4 Å². The SMILES string of the molecule is C[C@H](NC(=O)c1ccoc1)C(=O)NCc1cccc(N2CCCC2=O)c1. The van der Waals surface area contributed by atoms with Crippen molar-refractivity contribution < 1.29 is 18.8 Å². The molecule has 0 aliphatic carbocycles. The molecule has 1 fully saturated rings. The number of anilines is 1. The average molecular weight is 355 g/mol. The van der Waals surface area contributed by atoms with Crippen LogP contribution in [0.3, 0.4) is 0 Å². The van der Waals surface area contributed by atoms with Gasteiger partial charge < -0.3 is 20.0 Å². The Morgan fingerprint density at radius 3 is 2.85 bits per heavy atom. The number of benzene rings is 1. The van der Waals surface area contributed by atoms with Crippen molar-refractivity contribution in [1.82, 2.24) is 10.6 Å². The third-order valence-corrected chi connectivity index (χ3v) is 4.29. The molecule has 136 valence electrons. The quantitative estimate of drug-likeness (QED) is 0.827. The van der Waals surface area contributed by atoms with E-state index in [9.17, 15) is 14.4 Å². The fraction of sp³-hybridized carbons (Fsp3) is 0.316. The maximum atomic E-state index is 12.2. The lowest BCUT2D eigenvalue weighted by Crippen LogP contribution is -2.44. The van der Waals surface area contributed by atoms with Crippen molar-refractivity contribution in [3.63, 3.8) is 0 Å². The van der Waals surface area contributed by atoms with Crippen molar-refractivity contribution in [3.8, 4) is 0 Å². The summed E-state index contributed by atoms with van der Waals surface area (Å²) in [5.74, 6) is -0.526. The molecule has 1 aliphatic rings. The van der Waals surface area contributed by atoms with Crippen LogP contribution in [0.4, 0.5) is 5.69 Å². The number of hydrogen-bond donors (Lipinski definition) is 2. The summed E-state index contributed by atoms with van der Waals surface area (Å²) in [7, 11) is 0. The Bertz CT molecular complexity index is 801. The Hall–Kier alpha value is -3.09. The molecule has 2 aromatic rings. The largest absolute Gasteiger partial charge is 0.472 e. The molecule has 3 rings (SSSR count). The fourth-order valence-electron chi connectivity index (χ4n) is 2.84. The van der Waals surface area contributed by atoms with Gasteiger partial charge in [0.1, 0.15) is 12.3 Å². The molecule has 2 N–H and O–H groups in total. The van der Waals surface area contributed by atoms with Gasteiger partial charge in [-0.1, -0.05) is 12.1 Å². The first kappa shape index (κ1) is 17.7. The van der Waals surface area contributed by atoms with Gasteiger partial charge in [0.2, 0.25) is 11.8 Å². The highest BCUT2D eigenvalue weighted by Gasteiger charge is 2.22. The Morgan fingerprint density at radius 2 is 2.15 bits per heavy atom. The number of rotatable bonds is 6. The van der Waals surface area contributed by atoms with Gasteiger partial charge in [0.15, 0.2) is 0 Å². The van der Waals surface area contributed by atoms with E-state index in [0.29, 0.717) is 18.5 Å². The van der Waals surface area contributed by atoms with Crippen molar-refractivity contribution in [2.24, 2.45) is 0 Å². The number of carbonyl (C=O) groups is 3. The minimum atomic E-state index is -0.680. The first-order valence-electron chi connectivity index (χ1n) is 8.54. The van der Waals surface area contributed by atoms with Crippen molar-refractivity contribution >= 4 is 23.4 Å². The molecule has 0 bridgehead atoms. The van der Waals surface area contributed by atoms with E-state index >= 15 is 0 Å². The minimum absolute atomic E-state index is 0.127. The molecule has 1 atom stereocenters. The van der Waals surface area contributed by atoms with E-state index in [1.165, 1.54) is 18.6 Å². The van der Waals surface area contributed by atoms with E-state index in [1.54, 1.807) is 11.8 Å². The van der Waals surface area contributed by atoms with Gasteiger partial charge in [0.25, 0.3) is 5.91 Å². The summed E-state index contributed by atoms with van der Waals surface area (Å²) >= 11 is 0. The van der Waals surface area contributed by atoms with Crippen LogP contribution in [-0.4, -0.2) is 30.3 Å². The monoisotopic (exact) mass is 355 g/mol. The van der Waals surface area contributed by atoms with Crippen LogP contribution < -0.4 is 15.5 Å². The lowest BCUT2D eigenvalue weighted by molar-refractivity contribution is -0.122. The van der Waals surface area contributed by atoms with Crippen LogP contribution >= 0.6 is 0 Å². The molecule has 1 aromatic carbocycles. The topological polar surface area (TPSA) is 91.7 Å². The van der Waals surface area contributed by atoms with Gasteiger partial charge in [-0.25, -0.2) is 0 Å². The van der Waals surface area contributed by atoms with Crippen molar-refractivity contribution in [3.05, 3.63) is 54.0 Å². The number of amides is 3. The van der Waals surface area contributed by atoms with Crippen molar-refractivity contribution in [2.45, 2.75) is 32.4 Å². The summed E-state index contributed by atoms with van der Waals surface area (Å²) < 4.78 is 4.85. The van der Waals surface area contributed by atoms with Crippen LogP contribution in [0.5, 0.6) is 0 Å². The van der Waals surface area contributed by atoms with Gasteiger partial charge in [0, 0.05) is 25.2 Å². The van der Waals surface area contributed by atoms with Gasteiger partial charge >= 0.3 is 0 Å². The lowest BCUT2D eigenvalue weighted by atomic mass is 10.2. The van der Waals surface area contributed by atoms with E-state index < -0.39 is 6.04 Å². The van der Waals surface area contributed by atoms with Gasteiger partial charge in [0.05, 0.1) is 11.8 Å². The van der Waals surface area contributed by atoms with Gasteiger partial charge in [-0.05, 0) is 37.1 Å². The molecule has 0 saturated carbocycles. The highest BCUT2D eigenvalue weighted by atomic mass is 16.3. The zero-order valence-electron chi connectivity index (χ0n) is 14.5. The lowest BCUT2D eigenvalue weighted by Gasteiger charge is -2.17. The summed E-state index contributed by atoms with van der Waals surface area (Å²) in [5.41, 5.74) is 2.11. The number of carbonyl (C=O) groups excluding carboxylic acids is 3. The number of furan rings is 1. The predicted octanol–water partition coefficient (Wildman–Crippen LogP) is 1.84. The molecule has 1 aliphatic heterocycles. The molecule has 1 aromatic heterocycles. The smallest absolute Gasteiger partial charge is 0.255 e. The third-order valence-electron chi connectivity index (χ3n) is 4.29. The van der Waals surface area contributed by atoms with E-state index in [0.717, 1.165) is 24.2 Å². The second-order valence-electron chi connectivity index (χ2n) is 6.24. The summed E-state index contributed by atoms with van der Waals surface area (Å²) in [6.07, 6.45) is 4.17. The zero-order valence-corrected chi connectivity index (χ0v) is 14.5. The number of hydrogen-bond acceptors (Lipinski definition) is 4. The standard InChI is InChI=1S/C19H21N3O4/c1-13(21-19(25)15-7-9-26-12-15)18(24)20-11-14-4-2-5-16(10-14)22-8-3-6-17(22)23/h2,4-5,7,9-10,12-13H,3,6,8,11H2,1H3,(H,20,24)(H,21,25)/t13-/m0/s1. The van der Waals surface area contributed by atoms with Crippen LogP contribution in [0.25, 0.3) is 0 Å². The maximum Gasteiger partial charge on any atom is 0.255 e. The number of nitrogens with one attached hydrogen (secondary N) is 2. The van der Waals surface area contributed by atoms with Crippen molar-refractivity contribution in [2.75, 3.05) is 11.4 Å². The molecule has 0 radical (unpaired) electrons. The first-order chi connectivity index (χ1) is 12.5. The van der Waals surface area contributed by atoms with E-state index in [-0.39, 0.29) is 17.7 Å². The maximum absolute atomic E-state index is 12.2. The molecular formula is C19H21N3O4. The molecular weight excluding hydrogens is 334 g/mol. The van der Waals surface area contributed by atoms with E-state index in [4.69, 9.17) is 4.42 Å². The highest BCUT2D eigenvalue weighted by Crippen LogP contribution is 2.22. The molecule has 2 heterocycles.